The van der Waals surface area contributed by atoms with E-state index in [1.54, 1.807) is 24.3 Å². The molecule has 0 spiro atoms. The minimum Gasteiger partial charge on any atom is -0.487 e. The number of benzene rings is 2. The van der Waals surface area contributed by atoms with Gasteiger partial charge in [-0.15, -0.1) is 10.2 Å². The zero-order valence-electron chi connectivity index (χ0n) is 17.2. The molecule has 0 saturated heterocycles. The van der Waals surface area contributed by atoms with Gasteiger partial charge in [-0.05, 0) is 42.8 Å². The molecule has 5 rings (SSSR count). The van der Waals surface area contributed by atoms with Crippen LogP contribution in [0, 0.1) is 6.92 Å². The molecule has 8 heteroatoms. The highest BCUT2D eigenvalue weighted by Gasteiger charge is 2.12. The largest absolute Gasteiger partial charge is 0.487 e. The van der Waals surface area contributed by atoms with Crippen LogP contribution in [0.15, 0.2) is 79.1 Å². The predicted molar refractivity (Wildman–Crippen MR) is 124 cm³/mol. The third-order valence-electron chi connectivity index (χ3n) is 4.82. The fraction of sp³-hybridized carbons (Fsp3) is 0.0833. The molecule has 32 heavy (non-hydrogen) atoms. The zero-order chi connectivity index (χ0) is 21.9. The second kappa shape index (κ2) is 8.60. The summed E-state index contributed by atoms with van der Waals surface area (Å²) in [6.45, 7) is 2.39. The summed E-state index contributed by atoms with van der Waals surface area (Å²) in [6.07, 6.45) is 3.98. The van der Waals surface area contributed by atoms with Crippen molar-refractivity contribution < 1.29 is 9.53 Å². The Kier molecular flexibility index (Phi) is 5.35. The monoisotopic (exact) mass is 441 g/mol. The van der Waals surface area contributed by atoms with E-state index in [-0.39, 0.29) is 5.91 Å². The van der Waals surface area contributed by atoms with E-state index in [4.69, 9.17) is 4.74 Å². The number of anilines is 1. The maximum absolute atomic E-state index is 12.6. The SMILES string of the molecule is Cc1ccc2nc(COc3ccc(C(=O)Nc4nnc(-c5ccccc5)s4)cc3)cn2c1. The van der Waals surface area contributed by atoms with Gasteiger partial charge in [0.05, 0.1) is 5.69 Å². The number of ether oxygens (including phenoxy) is 1. The van der Waals surface area contributed by atoms with Crippen LogP contribution in [0.3, 0.4) is 0 Å². The maximum atomic E-state index is 12.6. The van der Waals surface area contributed by atoms with Crippen LogP contribution in [-0.2, 0) is 6.61 Å². The molecule has 5 aromatic rings. The van der Waals surface area contributed by atoms with Crippen molar-refractivity contribution in [2.75, 3.05) is 5.32 Å². The number of hydrogen-bond donors (Lipinski definition) is 1. The first-order valence-electron chi connectivity index (χ1n) is 10.0. The molecule has 2 aromatic carbocycles. The van der Waals surface area contributed by atoms with E-state index >= 15 is 0 Å². The molecule has 0 radical (unpaired) electrons. The molecule has 0 unspecified atom stereocenters. The average molecular weight is 442 g/mol. The Morgan fingerprint density at radius 2 is 1.81 bits per heavy atom. The summed E-state index contributed by atoms with van der Waals surface area (Å²) >= 11 is 1.33. The number of hydrogen-bond acceptors (Lipinski definition) is 6. The smallest absolute Gasteiger partial charge is 0.257 e. The van der Waals surface area contributed by atoms with Crippen molar-refractivity contribution in [1.82, 2.24) is 19.6 Å². The first kappa shape index (κ1) is 19.9. The highest BCUT2D eigenvalue weighted by atomic mass is 32.1. The van der Waals surface area contributed by atoms with Crippen molar-refractivity contribution in [3.05, 3.63) is 95.9 Å². The van der Waals surface area contributed by atoms with E-state index < -0.39 is 0 Å². The van der Waals surface area contributed by atoms with E-state index in [9.17, 15) is 4.79 Å². The fourth-order valence-electron chi connectivity index (χ4n) is 3.23. The number of nitrogens with zero attached hydrogens (tertiary/aromatic N) is 4. The summed E-state index contributed by atoms with van der Waals surface area (Å²) in [5.41, 5.74) is 4.36. The number of fused-ring (bicyclic) bond motifs is 1. The van der Waals surface area contributed by atoms with Gasteiger partial charge in [-0.2, -0.15) is 0 Å². The van der Waals surface area contributed by atoms with Crippen molar-refractivity contribution in [3.8, 4) is 16.3 Å². The number of amides is 1. The van der Waals surface area contributed by atoms with Crippen molar-refractivity contribution in [2.45, 2.75) is 13.5 Å². The molecule has 0 saturated carbocycles. The summed E-state index contributed by atoms with van der Waals surface area (Å²) in [5.74, 6) is 0.417. The Bertz CT molecular complexity index is 1380. The molecule has 0 fully saturated rings. The summed E-state index contributed by atoms with van der Waals surface area (Å²) in [5, 5.41) is 12.2. The summed E-state index contributed by atoms with van der Waals surface area (Å²) in [4.78, 5) is 17.1. The van der Waals surface area contributed by atoms with Gasteiger partial charge in [0.15, 0.2) is 0 Å². The molecule has 3 aromatic heterocycles. The number of aryl methyl sites for hydroxylation is 1. The third-order valence-corrected chi connectivity index (χ3v) is 5.71. The van der Waals surface area contributed by atoms with Crippen LogP contribution in [0.2, 0.25) is 0 Å². The van der Waals surface area contributed by atoms with Gasteiger partial charge >= 0.3 is 0 Å². The Labute approximate surface area is 188 Å². The molecule has 0 aliphatic rings. The van der Waals surface area contributed by atoms with E-state index in [0.717, 1.165) is 21.9 Å². The standard InChI is InChI=1S/C24H19N5O2S/c1-16-7-12-21-25-19(14-29(21)13-16)15-31-20-10-8-17(9-11-20)22(30)26-24-28-27-23(32-24)18-5-3-2-4-6-18/h2-14H,15H2,1H3,(H,26,28,30). The van der Waals surface area contributed by atoms with E-state index in [0.29, 0.717) is 23.1 Å². The van der Waals surface area contributed by atoms with Crippen molar-refractivity contribution >= 4 is 28.0 Å². The van der Waals surface area contributed by atoms with Crippen LogP contribution in [0.25, 0.3) is 16.2 Å². The lowest BCUT2D eigenvalue weighted by molar-refractivity contribution is 0.102. The quantitative estimate of drug-likeness (QED) is 0.401. The normalized spacial score (nSPS) is 10.9. The van der Waals surface area contributed by atoms with Gasteiger partial charge in [-0.3, -0.25) is 10.1 Å². The highest BCUT2D eigenvalue weighted by molar-refractivity contribution is 7.18. The van der Waals surface area contributed by atoms with Gasteiger partial charge in [0, 0.05) is 23.5 Å². The van der Waals surface area contributed by atoms with Crippen LogP contribution in [0.4, 0.5) is 5.13 Å². The van der Waals surface area contributed by atoms with E-state index in [1.165, 1.54) is 16.9 Å². The Morgan fingerprint density at radius 3 is 2.62 bits per heavy atom. The molecule has 3 heterocycles. The summed E-state index contributed by atoms with van der Waals surface area (Å²) in [6, 6.07) is 20.7. The lowest BCUT2D eigenvalue weighted by Crippen LogP contribution is -2.11. The topological polar surface area (TPSA) is 81.4 Å². The molecule has 0 aliphatic heterocycles. The first-order chi connectivity index (χ1) is 15.6. The Morgan fingerprint density at radius 1 is 1.00 bits per heavy atom. The predicted octanol–water partition coefficient (Wildman–Crippen LogP) is 4.99. The van der Waals surface area contributed by atoms with Crippen LogP contribution in [0.5, 0.6) is 5.75 Å². The second-order valence-corrected chi connectivity index (χ2v) is 8.23. The van der Waals surface area contributed by atoms with Crippen molar-refractivity contribution in [1.29, 1.82) is 0 Å². The minimum atomic E-state index is -0.247. The number of carbonyl (C=O) groups excluding carboxylic acids is 1. The zero-order valence-corrected chi connectivity index (χ0v) is 18.0. The van der Waals surface area contributed by atoms with Crippen molar-refractivity contribution in [2.24, 2.45) is 0 Å². The Hall–Kier alpha value is -4.04. The van der Waals surface area contributed by atoms with Crippen LogP contribution in [-0.4, -0.2) is 25.5 Å². The third kappa shape index (κ3) is 4.35. The number of pyridine rings is 1. The average Bonchev–Trinajstić information content (AvgIpc) is 3.45. The summed E-state index contributed by atoms with van der Waals surface area (Å²) in [7, 11) is 0. The highest BCUT2D eigenvalue weighted by Crippen LogP contribution is 2.26. The number of rotatable bonds is 6. The van der Waals surface area contributed by atoms with E-state index in [2.05, 4.69) is 20.5 Å². The van der Waals surface area contributed by atoms with Crippen molar-refractivity contribution in [3.63, 3.8) is 0 Å². The minimum absolute atomic E-state index is 0.247. The van der Waals surface area contributed by atoms with Crippen LogP contribution < -0.4 is 10.1 Å². The molecular formula is C24H19N5O2S. The molecule has 0 bridgehead atoms. The molecule has 7 nitrogen and oxygen atoms in total. The summed E-state index contributed by atoms with van der Waals surface area (Å²) < 4.78 is 7.81. The number of imidazole rings is 1. The molecule has 1 N–H and O–H groups in total. The van der Waals surface area contributed by atoms with Gasteiger partial charge < -0.3 is 9.14 Å². The molecule has 0 atom stereocenters. The molecule has 1 amide bonds. The number of carbonyl (C=O) groups is 1. The van der Waals surface area contributed by atoms with Gasteiger partial charge in [0.2, 0.25) is 5.13 Å². The second-order valence-electron chi connectivity index (χ2n) is 7.25. The number of aromatic nitrogens is 4. The van der Waals surface area contributed by atoms with Gasteiger partial charge in [0.1, 0.15) is 23.0 Å². The molecule has 158 valence electrons. The lowest BCUT2D eigenvalue weighted by atomic mass is 10.2. The first-order valence-corrected chi connectivity index (χ1v) is 10.8. The van der Waals surface area contributed by atoms with E-state index in [1.807, 2.05) is 66.2 Å². The molecule has 0 aliphatic carbocycles. The lowest BCUT2D eigenvalue weighted by Gasteiger charge is -2.05. The van der Waals surface area contributed by atoms with Gasteiger partial charge in [0.25, 0.3) is 5.91 Å². The fourth-order valence-corrected chi connectivity index (χ4v) is 3.97. The number of nitrogens with one attached hydrogen (secondary N) is 1. The maximum Gasteiger partial charge on any atom is 0.257 e. The van der Waals surface area contributed by atoms with Gasteiger partial charge in [-0.25, -0.2) is 4.98 Å². The van der Waals surface area contributed by atoms with Crippen LogP contribution >= 0.6 is 11.3 Å². The van der Waals surface area contributed by atoms with Gasteiger partial charge in [-0.1, -0.05) is 47.7 Å². The molecular weight excluding hydrogens is 422 g/mol. The Balaban J connectivity index is 1.20. The van der Waals surface area contributed by atoms with Crippen LogP contribution in [0.1, 0.15) is 21.6 Å².